The van der Waals surface area contributed by atoms with Crippen molar-refractivity contribution in [1.29, 1.82) is 0 Å². The molecule has 6 nitrogen and oxygen atoms in total. The number of aromatic hydroxyl groups is 1. The molecule has 4 rings (SSSR count). The highest BCUT2D eigenvalue weighted by molar-refractivity contribution is 8.18. The third-order valence-electron chi connectivity index (χ3n) is 4.51. The van der Waals surface area contributed by atoms with E-state index < -0.39 is 17.1 Å². The van der Waals surface area contributed by atoms with E-state index in [0.717, 1.165) is 27.4 Å². The second-order valence-electron chi connectivity index (χ2n) is 6.55. The molecule has 0 aliphatic carbocycles. The Balaban J connectivity index is 1.49. The summed E-state index contributed by atoms with van der Waals surface area (Å²) in [6, 6.07) is 17.6. The third kappa shape index (κ3) is 4.03. The van der Waals surface area contributed by atoms with Crippen molar-refractivity contribution in [3.05, 3.63) is 76.2 Å². The minimum absolute atomic E-state index is 0.0768. The van der Waals surface area contributed by atoms with Crippen LogP contribution in [-0.4, -0.2) is 33.6 Å². The van der Waals surface area contributed by atoms with Gasteiger partial charge in [0.25, 0.3) is 11.1 Å². The molecule has 1 saturated heterocycles. The van der Waals surface area contributed by atoms with Crippen LogP contribution in [-0.2, 0) is 9.59 Å². The van der Waals surface area contributed by atoms with Crippen LogP contribution in [0.1, 0.15) is 5.56 Å². The smallest absolute Gasteiger partial charge is 0.294 e. The lowest BCUT2D eigenvalue weighted by Crippen LogP contribution is -2.36. The molecule has 0 bridgehead atoms. The number of rotatable bonds is 4. The van der Waals surface area contributed by atoms with Crippen LogP contribution in [0.4, 0.5) is 10.5 Å². The summed E-state index contributed by atoms with van der Waals surface area (Å²) in [5.41, 5.74) is 1.17. The summed E-state index contributed by atoms with van der Waals surface area (Å²) in [7, 11) is 0. The Labute approximate surface area is 181 Å². The number of phenols is 1. The largest absolute Gasteiger partial charge is 0.506 e. The summed E-state index contributed by atoms with van der Waals surface area (Å²) in [6.07, 6.45) is 1.50. The Bertz CT molecular complexity index is 1220. The van der Waals surface area contributed by atoms with E-state index in [2.05, 4.69) is 5.32 Å². The Morgan fingerprint density at radius 2 is 1.87 bits per heavy atom. The second kappa shape index (κ2) is 8.22. The predicted octanol–water partition coefficient (Wildman–Crippen LogP) is 4.87. The zero-order valence-electron chi connectivity index (χ0n) is 15.5. The van der Waals surface area contributed by atoms with Crippen LogP contribution in [0.15, 0.2) is 65.6 Å². The lowest BCUT2D eigenvalue weighted by atomic mass is 10.1. The Kier molecular flexibility index (Phi) is 5.48. The first kappa shape index (κ1) is 20.0. The highest BCUT2D eigenvalue weighted by Crippen LogP contribution is 2.33. The number of amides is 3. The van der Waals surface area contributed by atoms with Gasteiger partial charge in [-0.25, -0.2) is 0 Å². The highest BCUT2D eigenvalue weighted by Gasteiger charge is 2.36. The van der Waals surface area contributed by atoms with E-state index in [4.69, 9.17) is 11.6 Å². The topological polar surface area (TPSA) is 86.7 Å². The van der Waals surface area contributed by atoms with E-state index in [1.165, 1.54) is 18.2 Å². The molecule has 1 aliphatic heterocycles. The molecular weight excluding hydrogens is 424 g/mol. The number of fused-ring (bicyclic) bond motifs is 1. The predicted molar refractivity (Wildman–Crippen MR) is 118 cm³/mol. The molecule has 2 N–H and O–H groups in total. The first-order valence-electron chi connectivity index (χ1n) is 8.94. The molecule has 3 amide bonds. The monoisotopic (exact) mass is 438 g/mol. The van der Waals surface area contributed by atoms with Crippen molar-refractivity contribution in [1.82, 2.24) is 4.90 Å². The van der Waals surface area contributed by atoms with Gasteiger partial charge in [0.05, 0.1) is 9.93 Å². The van der Waals surface area contributed by atoms with Gasteiger partial charge >= 0.3 is 0 Å². The fourth-order valence-corrected chi connectivity index (χ4v) is 4.10. The van der Waals surface area contributed by atoms with Crippen molar-refractivity contribution in [3.63, 3.8) is 0 Å². The molecule has 3 aromatic carbocycles. The first-order valence-corrected chi connectivity index (χ1v) is 10.1. The Morgan fingerprint density at radius 3 is 2.67 bits per heavy atom. The number of carbonyl (C=O) groups excluding carboxylic acids is 3. The van der Waals surface area contributed by atoms with Crippen molar-refractivity contribution in [2.45, 2.75) is 0 Å². The van der Waals surface area contributed by atoms with Crippen LogP contribution in [0.25, 0.3) is 16.8 Å². The maximum absolute atomic E-state index is 12.6. The van der Waals surface area contributed by atoms with Gasteiger partial charge in [-0.3, -0.25) is 19.3 Å². The van der Waals surface area contributed by atoms with E-state index in [-0.39, 0.29) is 22.2 Å². The van der Waals surface area contributed by atoms with Crippen LogP contribution >= 0.6 is 23.4 Å². The molecule has 30 heavy (non-hydrogen) atoms. The standard InChI is InChI=1S/C22H15ClN2O4S/c23-16-10-13(8-9-18(16)26)11-19-21(28)25(22(29)30-19)12-20(27)24-17-7-3-5-14-4-1-2-6-15(14)17/h1-11,26H,12H2,(H,24,27)/b19-11+. The molecule has 0 unspecified atom stereocenters. The Hall–Kier alpha value is -3.29. The average molecular weight is 439 g/mol. The maximum Gasteiger partial charge on any atom is 0.294 e. The second-order valence-corrected chi connectivity index (χ2v) is 7.95. The quantitative estimate of drug-likeness (QED) is 0.567. The third-order valence-corrected chi connectivity index (χ3v) is 5.72. The summed E-state index contributed by atoms with van der Waals surface area (Å²) in [6.45, 7) is -0.387. The fraction of sp³-hybridized carbons (Fsp3) is 0.0455. The molecule has 0 spiro atoms. The van der Waals surface area contributed by atoms with Crippen LogP contribution in [0.2, 0.25) is 5.02 Å². The number of carbonyl (C=O) groups is 3. The molecule has 150 valence electrons. The van der Waals surface area contributed by atoms with Gasteiger partial charge < -0.3 is 10.4 Å². The zero-order chi connectivity index (χ0) is 21.3. The number of halogens is 1. The lowest BCUT2D eigenvalue weighted by Gasteiger charge is -2.13. The van der Waals surface area contributed by atoms with Gasteiger partial charge in [0, 0.05) is 11.1 Å². The van der Waals surface area contributed by atoms with Gasteiger partial charge in [-0.2, -0.15) is 0 Å². The van der Waals surface area contributed by atoms with Gasteiger partial charge in [0.15, 0.2) is 0 Å². The van der Waals surface area contributed by atoms with E-state index in [1.54, 1.807) is 12.1 Å². The highest BCUT2D eigenvalue weighted by atomic mass is 35.5. The van der Waals surface area contributed by atoms with Crippen molar-refractivity contribution < 1.29 is 19.5 Å². The molecule has 0 aromatic heterocycles. The van der Waals surface area contributed by atoms with Crippen molar-refractivity contribution in [2.24, 2.45) is 0 Å². The number of benzene rings is 3. The summed E-state index contributed by atoms with van der Waals surface area (Å²) >= 11 is 6.63. The fourth-order valence-electron chi connectivity index (χ4n) is 3.07. The van der Waals surface area contributed by atoms with Gasteiger partial charge in [0.2, 0.25) is 5.91 Å². The SMILES string of the molecule is O=C(CN1C(=O)S/C(=C/c2ccc(O)c(Cl)c2)C1=O)Nc1cccc2ccccc12. The number of anilines is 1. The van der Waals surface area contributed by atoms with Gasteiger partial charge in [-0.05, 0) is 47.0 Å². The first-order chi connectivity index (χ1) is 14.4. The number of phenolic OH excluding ortho intramolecular Hbond substituents is 1. The minimum Gasteiger partial charge on any atom is -0.506 e. The Morgan fingerprint density at radius 1 is 1.10 bits per heavy atom. The molecule has 1 fully saturated rings. The normalized spacial score (nSPS) is 15.2. The van der Waals surface area contributed by atoms with Crippen molar-refractivity contribution in [3.8, 4) is 5.75 Å². The molecule has 8 heteroatoms. The van der Waals surface area contributed by atoms with Gasteiger partial charge in [-0.15, -0.1) is 0 Å². The summed E-state index contributed by atoms with van der Waals surface area (Å²) < 4.78 is 0. The average Bonchev–Trinajstić information content (AvgIpc) is 2.98. The van der Waals surface area contributed by atoms with Crippen LogP contribution in [0.5, 0.6) is 5.75 Å². The lowest BCUT2D eigenvalue weighted by molar-refractivity contribution is -0.127. The minimum atomic E-state index is -0.553. The molecule has 0 atom stereocenters. The number of thioether (sulfide) groups is 1. The summed E-state index contributed by atoms with van der Waals surface area (Å²) in [5.74, 6) is -1.10. The van der Waals surface area contributed by atoms with E-state index in [0.29, 0.717) is 11.3 Å². The van der Waals surface area contributed by atoms with Crippen LogP contribution in [0, 0.1) is 0 Å². The molecular formula is C22H15ClN2O4S. The van der Waals surface area contributed by atoms with E-state index in [9.17, 15) is 19.5 Å². The van der Waals surface area contributed by atoms with Crippen molar-refractivity contribution >= 4 is 63.0 Å². The van der Waals surface area contributed by atoms with Crippen LogP contribution in [0.3, 0.4) is 0 Å². The molecule has 0 saturated carbocycles. The molecule has 3 aromatic rings. The van der Waals surface area contributed by atoms with Gasteiger partial charge in [-0.1, -0.05) is 54.1 Å². The zero-order valence-corrected chi connectivity index (χ0v) is 17.0. The van der Waals surface area contributed by atoms with Crippen molar-refractivity contribution in [2.75, 3.05) is 11.9 Å². The number of nitrogens with one attached hydrogen (secondary N) is 1. The summed E-state index contributed by atoms with van der Waals surface area (Å²) in [5, 5.41) is 13.7. The number of nitrogens with zero attached hydrogens (tertiary/aromatic N) is 1. The number of imide groups is 1. The summed E-state index contributed by atoms with van der Waals surface area (Å²) in [4.78, 5) is 38.5. The number of hydrogen-bond donors (Lipinski definition) is 2. The molecule has 1 heterocycles. The van der Waals surface area contributed by atoms with Crippen LogP contribution < -0.4 is 5.32 Å². The maximum atomic E-state index is 12.6. The molecule has 0 radical (unpaired) electrons. The number of hydrogen-bond acceptors (Lipinski definition) is 5. The molecule has 1 aliphatic rings. The van der Waals surface area contributed by atoms with E-state index >= 15 is 0 Å². The van der Waals surface area contributed by atoms with Gasteiger partial charge in [0.1, 0.15) is 12.3 Å². The van der Waals surface area contributed by atoms with E-state index in [1.807, 2.05) is 36.4 Å².